The van der Waals surface area contributed by atoms with Crippen molar-refractivity contribution in [3.63, 3.8) is 0 Å². The third-order valence-corrected chi connectivity index (χ3v) is 3.90. The monoisotopic (exact) mass is 276 g/mol. The van der Waals surface area contributed by atoms with Gasteiger partial charge < -0.3 is 10.2 Å². The highest BCUT2D eigenvalue weighted by molar-refractivity contribution is 5.79. The molecule has 1 amide bonds. The zero-order chi connectivity index (χ0) is 14.5. The van der Waals surface area contributed by atoms with Crippen LogP contribution in [0.5, 0.6) is 0 Å². The Morgan fingerprint density at radius 2 is 2.40 bits per heavy atom. The van der Waals surface area contributed by atoms with Gasteiger partial charge in [-0.15, -0.1) is 0 Å². The third kappa shape index (κ3) is 3.55. The first-order valence-corrected chi connectivity index (χ1v) is 7.20. The normalized spacial score (nSPS) is 19.6. The predicted molar refractivity (Wildman–Crippen MR) is 79.3 cm³/mol. The number of likely N-dealkylation sites (N-methyl/N-ethyl adjacent to an activating group) is 1. The summed E-state index contributed by atoms with van der Waals surface area (Å²) in [6.07, 6.45) is 3.61. The van der Waals surface area contributed by atoms with E-state index in [1.165, 1.54) is 0 Å². The lowest BCUT2D eigenvalue weighted by Crippen LogP contribution is -2.51. The average Bonchev–Trinajstić information content (AvgIpc) is 2.48. The van der Waals surface area contributed by atoms with Crippen LogP contribution in [0.15, 0.2) is 24.5 Å². The number of nitrogens with one attached hydrogen (secondary N) is 1. The molecule has 1 saturated heterocycles. The molecule has 0 spiro atoms. The fourth-order valence-corrected chi connectivity index (χ4v) is 2.36. The Labute approximate surface area is 121 Å². The Bertz CT molecular complexity index is 435. The average molecular weight is 276 g/mol. The highest BCUT2D eigenvalue weighted by Gasteiger charge is 2.28. The summed E-state index contributed by atoms with van der Waals surface area (Å²) < 4.78 is 0. The van der Waals surface area contributed by atoms with Gasteiger partial charge in [-0.05, 0) is 32.5 Å². The van der Waals surface area contributed by atoms with E-state index in [2.05, 4.69) is 29.0 Å². The van der Waals surface area contributed by atoms with Crippen LogP contribution in [0.3, 0.4) is 0 Å². The van der Waals surface area contributed by atoms with Gasteiger partial charge in [0.1, 0.15) is 0 Å². The molecule has 1 atom stereocenters. The molecule has 1 unspecified atom stereocenters. The maximum Gasteiger partial charge on any atom is 0.237 e. The van der Waals surface area contributed by atoms with Crippen LogP contribution < -0.4 is 5.32 Å². The fourth-order valence-electron chi connectivity index (χ4n) is 2.36. The van der Waals surface area contributed by atoms with E-state index >= 15 is 0 Å². The molecular weight excluding hydrogens is 252 g/mol. The summed E-state index contributed by atoms with van der Waals surface area (Å²) in [5.41, 5.74) is 1.10. The fraction of sp³-hybridized carbons (Fsp3) is 0.600. The molecule has 0 bridgehead atoms. The minimum atomic E-state index is 0.0884. The highest BCUT2D eigenvalue weighted by atomic mass is 16.2. The molecule has 0 aliphatic carbocycles. The molecule has 20 heavy (non-hydrogen) atoms. The van der Waals surface area contributed by atoms with Crippen LogP contribution in [0, 0.1) is 0 Å². The van der Waals surface area contributed by atoms with Crippen LogP contribution in [0.25, 0.3) is 0 Å². The van der Waals surface area contributed by atoms with Crippen molar-refractivity contribution in [2.75, 3.05) is 33.2 Å². The summed E-state index contributed by atoms with van der Waals surface area (Å²) >= 11 is 0. The Morgan fingerprint density at radius 3 is 3.05 bits per heavy atom. The molecule has 2 rings (SSSR count). The topological polar surface area (TPSA) is 48.5 Å². The number of rotatable bonds is 4. The summed E-state index contributed by atoms with van der Waals surface area (Å²) in [4.78, 5) is 20.8. The molecule has 1 fully saturated rings. The van der Waals surface area contributed by atoms with E-state index in [-0.39, 0.29) is 11.9 Å². The summed E-state index contributed by atoms with van der Waals surface area (Å²) in [5.74, 6) is 0.191. The van der Waals surface area contributed by atoms with Crippen LogP contribution in [0.4, 0.5) is 0 Å². The zero-order valence-corrected chi connectivity index (χ0v) is 12.5. The number of hydrogen-bond acceptors (Lipinski definition) is 4. The third-order valence-electron chi connectivity index (χ3n) is 3.90. The Morgan fingerprint density at radius 1 is 1.60 bits per heavy atom. The lowest BCUT2D eigenvalue weighted by molar-refractivity contribution is -0.135. The predicted octanol–water partition coefficient (Wildman–Crippen LogP) is 0.895. The van der Waals surface area contributed by atoms with Crippen LogP contribution >= 0.6 is 0 Å². The van der Waals surface area contributed by atoms with Gasteiger partial charge in [0.15, 0.2) is 0 Å². The quantitative estimate of drug-likeness (QED) is 0.887. The van der Waals surface area contributed by atoms with Gasteiger partial charge in [-0.1, -0.05) is 6.07 Å². The zero-order valence-electron chi connectivity index (χ0n) is 12.5. The number of amides is 1. The van der Waals surface area contributed by atoms with Crippen molar-refractivity contribution >= 4 is 5.91 Å². The van der Waals surface area contributed by atoms with Crippen molar-refractivity contribution in [1.29, 1.82) is 0 Å². The van der Waals surface area contributed by atoms with Crippen molar-refractivity contribution in [1.82, 2.24) is 20.1 Å². The lowest BCUT2D eigenvalue weighted by Gasteiger charge is -2.37. The molecule has 1 aromatic rings. The largest absolute Gasteiger partial charge is 0.332 e. The summed E-state index contributed by atoms with van der Waals surface area (Å²) in [6, 6.07) is 4.42. The second-order valence-corrected chi connectivity index (χ2v) is 5.60. The number of aromatic nitrogens is 1. The van der Waals surface area contributed by atoms with E-state index in [9.17, 15) is 4.79 Å². The van der Waals surface area contributed by atoms with E-state index in [0.717, 1.165) is 25.2 Å². The number of nitrogens with zero attached hydrogens (tertiary/aromatic N) is 3. The van der Waals surface area contributed by atoms with Crippen LogP contribution in [-0.2, 0) is 4.79 Å². The standard InChI is InChI=1S/C15H24N4O/c1-12(2)18(3)11-15(20)19-8-7-17-10-14(19)13-5-4-6-16-9-13/h4-6,9,12,14,17H,7-8,10-11H2,1-3H3. The number of pyridine rings is 1. The highest BCUT2D eigenvalue weighted by Crippen LogP contribution is 2.21. The maximum atomic E-state index is 12.5. The van der Waals surface area contributed by atoms with Gasteiger partial charge in [-0.3, -0.25) is 14.7 Å². The van der Waals surface area contributed by atoms with Crippen molar-refractivity contribution in [3.8, 4) is 0 Å². The number of carbonyl (C=O) groups excluding carboxylic acids is 1. The number of hydrogen-bond donors (Lipinski definition) is 1. The number of piperazine rings is 1. The maximum absolute atomic E-state index is 12.5. The molecule has 0 aromatic carbocycles. The summed E-state index contributed by atoms with van der Waals surface area (Å²) in [7, 11) is 1.99. The van der Waals surface area contributed by atoms with Gasteiger partial charge in [0.05, 0.1) is 12.6 Å². The van der Waals surface area contributed by atoms with E-state index in [0.29, 0.717) is 12.6 Å². The Balaban J connectivity index is 2.09. The first kappa shape index (κ1) is 14.9. The molecule has 0 saturated carbocycles. The van der Waals surface area contributed by atoms with Gasteiger partial charge >= 0.3 is 0 Å². The summed E-state index contributed by atoms with van der Waals surface area (Å²) in [5, 5.41) is 3.36. The molecule has 1 aliphatic heterocycles. The van der Waals surface area contributed by atoms with Crippen LogP contribution in [-0.4, -0.2) is 60.0 Å². The second kappa shape index (κ2) is 6.81. The van der Waals surface area contributed by atoms with Gasteiger partial charge in [0.25, 0.3) is 0 Å². The molecule has 5 heteroatoms. The first-order valence-electron chi connectivity index (χ1n) is 7.20. The van der Waals surface area contributed by atoms with Crippen molar-refractivity contribution in [2.24, 2.45) is 0 Å². The second-order valence-electron chi connectivity index (χ2n) is 5.60. The molecule has 110 valence electrons. The lowest BCUT2D eigenvalue weighted by atomic mass is 10.1. The molecule has 1 N–H and O–H groups in total. The molecule has 2 heterocycles. The first-order chi connectivity index (χ1) is 9.59. The van der Waals surface area contributed by atoms with Gasteiger partial charge in [0.2, 0.25) is 5.91 Å². The van der Waals surface area contributed by atoms with Gasteiger partial charge in [-0.2, -0.15) is 0 Å². The van der Waals surface area contributed by atoms with Crippen molar-refractivity contribution in [3.05, 3.63) is 30.1 Å². The molecule has 1 aliphatic rings. The van der Waals surface area contributed by atoms with Gasteiger partial charge in [-0.25, -0.2) is 0 Å². The molecule has 5 nitrogen and oxygen atoms in total. The number of carbonyl (C=O) groups is 1. The Kier molecular flexibility index (Phi) is 5.09. The Hall–Kier alpha value is -1.46. The van der Waals surface area contributed by atoms with Crippen molar-refractivity contribution in [2.45, 2.75) is 25.9 Å². The van der Waals surface area contributed by atoms with E-state index in [1.54, 1.807) is 6.20 Å². The SMILES string of the molecule is CC(C)N(C)CC(=O)N1CCNCC1c1cccnc1. The minimum absolute atomic E-state index is 0.0884. The molecule has 0 radical (unpaired) electrons. The van der Waals surface area contributed by atoms with E-state index in [4.69, 9.17) is 0 Å². The van der Waals surface area contributed by atoms with E-state index in [1.807, 2.05) is 30.3 Å². The van der Waals surface area contributed by atoms with Crippen molar-refractivity contribution < 1.29 is 4.79 Å². The van der Waals surface area contributed by atoms with Crippen LogP contribution in [0.2, 0.25) is 0 Å². The van der Waals surface area contributed by atoms with E-state index < -0.39 is 0 Å². The smallest absolute Gasteiger partial charge is 0.237 e. The minimum Gasteiger partial charge on any atom is -0.332 e. The molecule has 1 aromatic heterocycles. The molecular formula is C15H24N4O. The van der Waals surface area contributed by atoms with Crippen LogP contribution in [0.1, 0.15) is 25.5 Å². The summed E-state index contributed by atoms with van der Waals surface area (Å²) in [6.45, 7) is 7.07. The van der Waals surface area contributed by atoms with Gasteiger partial charge in [0, 0.05) is 38.1 Å².